The normalized spacial score (nSPS) is 29.4. The van der Waals surface area contributed by atoms with Crippen molar-refractivity contribution in [2.45, 2.75) is 19.4 Å². The summed E-state index contributed by atoms with van der Waals surface area (Å²) < 4.78 is 0. The molecule has 27 heavy (non-hydrogen) atoms. The molecule has 2 heterocycles. The van der Waals surface area contributed by atoms with Crippen molar-refractivity contribution in [3.63, 3.8) is 0 Å². The SMILES string of the molecule is CC(C(=O)Nc1ccc2ncccc2c1)N1C(=O)C2C3C=CC(C3)C2C1=O. The van der Waals surface area contributed by atoms with Crippen LogP contribution in [0, 0.1) is 23.7 Å². The quantitative estimate of drug-likeness (QED) is 0.672. The fourth-order valence-corrected chi connectivity index (χ4v) is 4.82. The maximum absolute atomic E-state index is 12.8. The zero-order valence-corrected chi connectivity index (χ0v) is 14.8. The van der Waals surface area contributed by atoms with E-state index in [-0.39, 0.29) is 41.4 Å². The Kier molecular flexibility index (Phi) is 3.44. The summed E-state index contributed by atoms with van der Waals surface area (Å²) in [7, 11) is 0. The fourth-order valence-electron chi connectivity index (χ4n) is 4.82. The molecular formula is C21H19N3O3. The number of aromatic nitrogens is 1. The third-order valence-corrected chi connectivity index (χ3v) is 6.14. The van der Waals surface area contributed by atoms with Gasteiger partial charge in [0.15, 0.2) is 0 Å². The van der Waals surface area contributed by atoms with E-state index in [2.05, 4.69) is 10.3 Å². The number of carbonyl (C=O) groups is 3. The molecule has 1 aliphatic heterocycles. The molecule has 136 valence electrons. The van der Waals surface area contributed by atoms with Gasteiger partial charge < -0.3 is 5.32 Å². The van der Waals surface area contributed by atoms with Crippen LogP contribution in [0.1, 0.15) is 13.3 Å². The van der Waals surface area contributed by atoms with E-state index in [1.165, 1.54) is 4.90 Å². The number of benzene rings is 1. The number of fused-ring (bicyclic) bond motifs is 6. The number of hydrogen-bond acceptors (Lipinski definition) is 4. The summed E-state index contributed by atoms with van der Waals surface area (Å²) in [4.78, 5) is 43.9. The molecule has 1 N–H and O–H groups in total. The average molecular weight is 361 g/mol. The smallest absolute Gasteiger partial charge is 0.247 e. The minimum atomic E-state index is -0.834. The van der Waals surface area contributed by atoms with Crippen LogP contribution in [0.3, 0.4) is 0 Å². The van der Waals surface area contributed by atoms with Crippen molar-refractivity contribution in [3.8, 4) is 0 Å². The molecular weight excluding hydrogens is 342 g/mol. The molecule has 1 saturated carbocycles. The molecule has 3 amide bonds. The molecule has 3 aliphatic rings. The summed E-state index contributed by atoms with van der Waals surface area (Å²) in [6, 6.07) is 8.35. The van der Waals surface area contributed by atoms with E-state index in [1.54, 1.807) is 19.2 Å². The lowest BCUT2D eigenvalue weighted by Crippen LogP contribution is -2.46. The van der Waals surface area contributed by atoms with E-state index in [0.717, 1.165) is 17.3 Å². The number of imide groups is 1. The minimum absolute atomic E-state index is 0.143. The van der Waals surface area contributed by atoms with Crippen LogP contribution in [0.2, 0.25) is 0 Å². The van der Waals surface area contributed by atoms with Gasteiger partial charge in [0.1, 0.15) is 6.04 Å². The van der Waals surface area contributed by atoms with Gasteiger partial charge in [-0.25, -0.2) is 0 Å². The van der Waals surface area contributed by atoms with Gasteiger partial charge in [-0.3, -0.25) is 24.3 Å². The summed E-state index contributed by atoms with van der Waals surface area (Å²) in [5.74, 6) is -1.04. The number of likely N-dealkylation sites (tertiary alicyclic amines) is 1. The third-order valence-electron chi connectivity index (χ3n) is 6.14. The van der Waals surface area contributed by atoms with Crippen LogP contribution in [-0.2, 0) is 14.4 Å². The first-order valence-electron chi connectivity index (χ1n) is 9.25. The lowest BCUT2D eigenvalue weighted by atomic mass is 9.85. The molecule has 0 spiro atoms. The maximum Gasteiger partial charge on any atom is 0.247 e. The molecule has 1 saturated heterocycles. The predicted octanol–water partition coefficient (Wildman–Crippen LogP) is 2.37. The number of nitrogens with zero attached hydrogens (tertiary/aromatic N) is 2. The van der Waals surface area contributed by atoms with Gasteiger partial charge in [0.2, 0.25) is 17.7 Å². The predicted molar refractivity (Wildman–Crippen MR) is 99.4 cm³/mol. The van der Waals surface area contributed by atoms with E-state index in [4.69, 9.17) is 0 Å². The van der Waals surface area contributed by atoms with Crippen molar-refractivity contribution < 1.29 is 14.4 Å². The van der Waals surface area contributed by atoms with Crippen molar-refractivity contribution in [1.82, 2.24) is 9.88 Å². The summed E-state index contributed by atoms with van der Waals surface area (Å²) in [5.41, 5.74) is 1.46. The summed E-state index contributed by atoms with van der Waals surface area (Å²) in [6.45, 7) is 1.62. The first kappa shape index (κ1) is 16.2. The molecule has 5 rings (SSSR count). The Labute approximate surface area is 156 Å². The molecule has 5 unspecified atom stereocenters. The molecule has 1 aromatic heterocycles. The fraction of sp³-hybridized carbons (Fsp3) is 0.333. The summed E-state index contributed by atoms with van der Waals surface area (Å²) in [5, 5.41) is 3.74. The van der Waals surface area contributed by atoms with Gasteiger partial charge >= 0.3 is 0 Å². The zero-order valence-electron chi connectivity index (χ0n) is 14.8. The highest BCUT2D eigenvalue weighted by Crippen LogP contribution is 2.52. The number of anilines is 1. The van der Waals surface area contributed by atoms with Gasteiger partial charge in [-0.2, -0.15) is 0 Å². The van der Waals surface area contributed by atoms with E-state index in [0.29, 0.717) is 5.69 Å². The van der Waals surface area contributed by atoms with Crippen LogP contribution in [0.4, 0.5) is 5.69 Å². The highest BCUT2D eigenvalue weighted by Gasteiger charge is 2.60. The molecule has 0 radical (unpaired) electrons. The Morgan fingerprint density at radius 1 is 1.15 bits per heavy atom. The molecule has 1 aromatic carbocycles. The number of pyridine rings is 1. The van der Waals surface area contributed by atoms with Crippen LogP contribution < -0.4 is 5.32 Å². The topological polar surface area (TPSA) is 79.4 Å². The molecule has 6 heteroatoms. The standard InChI is InChI=1S/C21H19N3O3/c1-11(19(25)23-15-6-7-16-12(10-15)3-2-8-22-16)24-20(26)17-13-4-5-14(9-13)18(17)21(24)27/h2-8,10-11,13-14,17-18H,9H2,1H3,(H,23,25). The van der Waals surface area contributed by atoms with Gasteiger partial charge in [-0.1, -0.05) is 18.2 Å². The number of rotatable bonds is 3. The van der Waals surface area contributed by atoms with E-state index in [1.807, 2.05) is 36.4 Å². The van der Waals surface area contributed by atoms with Crippen LogP contribution in [0.5, 0.6) is 0 Å². The Hall–Kier alpha value is -3.02. The number of nitrogens with one attached hydrogen (secondary N) is 1. The van der Waals surface area contributed by atoms with Gasteiger partial charge in [0.25, 0.3) is 0 Å². The Balaban J connectivity index is 1.36. The second-order valence-corrected chi connectivity index (χ2v) is 7.62. The van der Waals surface area contributed by atoms with Crippen molar-refractivity contribution in [2.24, 2.45) is 23.7 Å². The number of allylic oxidation sites excluding steroid dienone is 2. The molecule has 2 fully saturated rings. The highest BCUT2D eigenvalue weighted by atomic mass is 16.2. The van der Waals surface area contributed by atoms with E-state index < -0.39 is 6.04 Å². The molecule has 2 bridgehead atoms. The third kappa shape index (κ3) is 2.32. The number of hydrogen-bond donors (Lipinski definition) is 1. The van der Waals surface area contributed by atoms with E-state index in [9.17, 15) is 14.4 Å². The first-order chi connectivity index (χ1) is 13.0. The monoisotopic (exact) mass is 361 g/mol. The maximum atomic E-state index is 12.8. The lowest BCUT2D eigenvalue weighted by Gasteiger charge is -2.23. The van der Waals surface area contributed by atoms with Gasteiger partial charge in [-0.05, 0) is 49.4 Å². The van der Waals surface area contributed by atoms with Crippen LogP contribution >= 0.6 is 0 Å². The zero-order chi connectivity index (χ0) is 18.7. The largest absolute Gasteiger partial charge is 0.324 e. The lowest BCUT2D eigenvalue weighted by molar-refractivity contribution is -0.146. The first-order valence-corrected chi connectivity index (χ1v) is 9.25. The summed E-state index contributed by atoms with van der Waals surface area (Å²) >= 11 is 0. The number of carbonyl (C=O) groups excluding carboxylic acids is 3. The van der Waals surface area contributed by atoms with Crippen molar-refractivity contribution in [1.29, 1.82) is 0 Å². The minimum Gasteiger partial charge on any atom is -0.324 e. The second-order valence-electron chi connectivity index (χ2n) is 7.62. The van der Waals surface area contributed by atoms with Crippen LogP contribution in [0.15, 0.2) is 48.7 Å². The average Bonchev–Trinajstić information content (AvgIpc) is 3.35. The molecule has 2 aromatic rings. The summed E-state index contributed by atoms with van der Waals surface area (Å²) in [6.07, 6.45) is 6.70. The molecule has 6 nitrogen and oxygen atoms in total. The molecule has 2 aliphatic carbocycles. The van der Waals surface area contributed by atoms with E-state index >= 15 is 0 Å². The van der Waals surface area contributed by atoms with Gasteiger partial charge in [0.05, 0.1) is 17.4 Å². The van der Waals surface area contributed by atoms with Crippen molar-refractivity contribution in [3.05, 3.63) is 48.7 Å². The van der Waals surface area contributed by atoms with Gasteiger partial charge in [-0.15, -0.1) is 0 Å². The Bertz CT molecular complexity index is 985. The van der Waals surface area contributed by atoms with Crippen molar-refractivity contribution in [2.75, 3.05) is 5.32 Å². The Morgan fingerprint density at radius 3 is 2.56 bits per heavy atom. The van der Waals surface area contributed by atoms with Crippen LogP contribution in [0.25, 0.3) is 10.9 Å². The highest BCUT2D eigenvalue weighted by molar-refractivity contribution is 6.10. The second kappa shape index (κ2) is 5.74. The molecule has 5 atom stereocenters. The van der Waals surface area contributed by atoms with Crippen LogP contribution in [-0.4, -0.2) is 33.6 Å². The van der Waals surface area contributed by atoms with Gasteiger partial charge in [0, 0.05) is 17.3 Å². The Morgan fingerprint density at radius 2 is 1.85 bits per heavy atom. The van der Waals surface area contributed by atoms with Crippen molar-refractivity contribution >= 4 is 34.3 Å². The number of amides is 3.